The van der Waals surface area contributed by atoms with Crippen LogP contribution < -0.4 is 0 Å². The standard InChI is InChI=1S/C20H30S2/c1-7-9-15-11-17(13(3)4)21-19(15)20-16(10-8-2)12-18(22-20)14(5)6/h11-14H,7-10H2,1-6H3. The van der Waals surface area contributed by atoms with E-state index in [1.165, 1.54) is 25.7 Å². The smallest absolute Gasteiger partial charge is 0.0480 e. The van der Waals surface area contributed by atoms with Gasteiger partial charge in [-0.05, 0) is 47.9 Å². The van der Waals surface area contributed by atoms with Crippen molar-refractivity contribution in [2.45, 2.75) is 79.1 Å². The van der Waals surface area contributed by atoms with Crippen molar-refractivity contribution in [1.82, 2.24) is 0 Å². The van der Waals surface area contributed by atoms with Crippen molar-refractivity contribution in [3.8, 4) is 9.75 Å². The molecule has 2 rings (SSSR count). The molecule has 0 fully saturated rings. The Morgan fingerprint density at radius 1 is 0.727 bits per heavy atom. The molecular weight excluding hydrogens is 304 g/mol. The van der Waals surface area contributed by atoms with E-state index in [1.54, 1.807) is 30.6 Å². The highest BCUT2D eigenvalue weighted by atomic mass is 32.1. The van der Waals surface area contributed by atoms with E-state index in [1.807, 2.05) is 22.7 Å². The van der Waals surface area contributed by atoms with E-state index in [9.17, 15) is 0 Å². The molecule has 22 heavy (non-hydrogen) atoms. The fraction of sp³-hybridized carbons (Fsp3) is 0.600. The first kappa shape index (κ1) is 17.7. The minimum Gasteiger partial charge on any atom is -0.139 e. The summed E-state index contributed by atoms with van der Waals surface area (Å²) in [5.74, 6) is 1.27. The van der Waals surface area contributed by atoms with Crippen LogP contribution in [-0.4, -0.2) is 0 Å². The third-order valence-electron chi connectivity index (χ3n) is 4.04. The average Bonchev–Trinajstić information content (AvgIpc) is 3.04. The fourth-order valence-corrected chi connectivity index (χ4v) is 5.39. The molecule has 0 atom stereocenters. The quantitative estimate of drug-likeness (QED) is 0.488. The zero-order chi connectivity index (χ0) is 16.3. The van der Waals surface area contributed by atoms with Gasteiger partial charge in [-0.25, -0.2) is 0 Å². The summed E-state index contributed by atoms with van der Waals surface area (Å²) in [6.07, 6.45) is 4.87. The monoisotopic (exact) mass is 334 g/mol. The molecule has 0 aliphatic carbocycles. The van der Waals surface area contributed by atoms with Crippen molar-refractivity contribution in [1.29, 1.82) is 0 Å². The number of thiophene rings is 2. The van der Waals surface area contributed by atoms with E-state index in [0.29, 0.717) is 11.8 Å². The molecule has 0 aliphatic heterocycles. The van der Waals surface area contributed by atoms with Crippen molar-refractivity contribution < 1.29 is 0 Å². The van der Waals surface area contributed by atoms with Gasteiger partial charge in [0.15, 0.2) is 0 Å². The van der Waals surface area contributed by atoms with Gasteiger partial charge in [-0.2, -0.15) is 0 Å². The zero-order valence-electron chi connectivity index (χ0n) is 15.0. The minimum atomic E-state index is 0.633. The van der Waals surface area contributed by atoms with E-state index < -0.39 is 0 Å². The lowest BCUT2D eigenvalue weighted by molar-refractivity contribution is 0.879. The van der Waals surface area contributed by atoms with Gasteiger partial charge >= 0.3 is 0 Å². The lowest BCUT2D eigenvalue weighted by Crippen LogP contribution is -1.86. The molecule has 0 saturated carbocycles. The second-order valence-electron chi connectivity index (χ2n) is 6.82. The van der Waals surface area contributed by atoms with Crippen LogP contribution in [0.15, 0.2) is 12.1 Å². The van der Waals surface area contributed by atoms with Gasteiger partial charge in [-0.1, -0.05) is 54.4 Å². The molecular formula is C20H30S2. The van der Waals surface area contributed by atoms with Crippen LogP contribution in [0.1, 0.15) is 87.1 Å². The maximum Gasteiger partial charge on any atom is 0.0480 e. The number of rotatable bonds is 7. The Hall–Kier alpha value is -0.600. The molecule has 0 amide bonds. The normalized spacial score (nSPS) is 11.8. The first-order chi connectivity index (χ1) is 10.5. The average molecular weight is 335 g/mol. The number of hydrogen-bond acceptors (Lipinski definition) is 2. The molecule has 2 heteroatoms. The largest absolute Gasteiger partial charge is 0.139 e. The lowest BCUT2D eigenvalue weighted by atomic mass is 10.0. The highest BCUT2D eigenvalue weighted by Crippen LogP contribution is 2.44. The molecule has 0 aliphatic rings. The summed E-state index contributed by atoms with van der Waals surface area (Å²) in [5, 5.41) is 0. The van der Waals surface area contributed by atoms with Crippen molar-refractivity contribution in [3.05, 3.63) is 33.0 Å². The number of aryl methyl sites for hydroxylation is 2. The second-order valence-corrected chi connectivity index (χ2v) is 8.98. The molecule has 122 valence electrons. The van der Waals surface area contributed by atoms with Crippen molar-refractivity contribution in [3.63, 3.8) is 0 Å². The minimum absolute atomic E-state index is 0.633. The van der Waals surface area contributed by atoms with E-state index >= 15 is 0 Å². The molecule has 2 aromatic heterocycles. The van der Waals surface area contributed by atoms with E-state index in [4.69, 9.17) is 0 Å². The Labute approximate surface area is 144 Å². The van der Waals surface area contributed by atoms with Gasteiger partial charge in [0.25, 0.3) is 0 Å². The zero-order valence-corrected chi connectivity index (χ0v) is 16.6. The molecule has 0 aromatic carbocycles. The highest BCUT2D eigenvalue weighted by molar-refractivity contribution is 7.22. The predicted octanol–water partition coefficient (Wildman–Crippen LogP) is 7.63. The van der Waals surface area contributed by atoms with Crippen LogP contribution >= 0.6 is 22.7 Å². The van der Waals surface area contributed by atoms with Crippen LogP contribution in [0.3, 0.4) is 0 Å². The van der Waals surface area contributed by atoms with Crippen LogP contribution in [0.4, 0.5) is 0 Å². The summed E-state index contributed by atoms with van der Waals surface area (Å²) in [7, 11) is 0. The fourth-order valence-electron chi connectivity index (χ4n) is 2.76. The Bertz CT molecular complexity index is 545. The summed E-state index contributed by atoms with van der Waals surface area (Å²) < 4.78 is 0. The van der Waals surface area contributed by atoms with E-state index in [-0.39, 0.29) is 0 Å². The topological polar surface area (TPSA) is 0 Å². The second kappa shape index (κ2) is 7.79. The Balaban J connectivity index is 2.53. The third-order valence-corrected chi connectivity index (χ3v) is 7.16. The van der Waals surface area contributed by atoms with Crippen LogP contribution in [0.2, 0.25) is 0 Å². The molecule has 0 bridgehead atoms. The third kappa shape index (κ3) is 3.83. The summed E-state index contributed by atoms with van der Waals surface area (Å²) in [6.45, 7) is 13.8. The van der Waals surface area contributed by atoms with Crippen LogP contribution in [-0.2, 0) is 12.8 Å². The van der Waals surface area contributed by atoms with Gasteiger partial charge < -0.3 is 0 Å². The first-order valence-electron chi connectivity index (χ1n) is 8.73. The summed E-state index contributed by atoms with van der Waals surface area (Å²) in [4.78, 5) is 6.21. The van der Waals surface area contributed by atoms with Crippen molar-refractivity contribution in [2.24, 2.45) is 0 Å². The lowest BCUT2D eigenvalue weighted by Gasteiger charge is -2.04. The highest BCUT2D eigenvalue weighted by Gasteiger charge is 2.19. The summed E-state index contributed by atoms with van der Waals surface area (Å²) >= 11 is 4.07. The van der Waals surface area contributed by atoms with E-state index in [2.05, 4.69) is 53.7 Å². The maximum atomic E-state index is 2.47. The predicted molar refractivity (Wildman–Crippen MR) is 104 cm³/mol. The molecule has 0 unspecified atom stereocenters. The molecule has 2 heterocycles. The van der Waals surface area contributed by atoms with Crippen LogP contribution in [0, 0.1) is 0 Å². The Kier molecular flexibility index (Phi) is 6.28. The summed E-state index contributed by atoms with van der Waals surface area (Å²) in [6, 6.07) is 4.94. The van der Waals surface area contributed by atoms with Gasteiger partial charge in [-0.3, -0.25) is 0 Å². The first-order valence-corrected chi connectivity index (χ1v) is 10.4. The van der Waals surface area contributed by atoms with Crippen LogP contribution in [0.25, 0.3) is 9.75 Å². The molecule has 0 saturated heterocycles. The van der Waals surface area contributed by atoms with Crippen LogP contribution in [0.5, 0.6) is 0 Å². The Morgan fingerprint density at radius 3 is 1.36 bits per heavy atom. The maximum absolute atomic E-state index is 2.47. The Morgan fingerprint density at radius 2 is 1.09 bits per heavy atom. The molecule has 0 nitrogen and oxygen atoms in total. The number of hydrogen-bond donors (Lipinski definition) is 0. The molecule has 2 aromatic rings. The summed E-state index contributed by atoms with van der Waals surface area (Å²) in [5.41, 5.74) is 3.15. The van der Waals surface area contributed by atoms with Crippen molar-refractivity contribution >= 4 is 22.7 Å². The van der Waals surface area contributed by atoms with Gasteiger partial charge in [0, 0.05) is 19.5 Å². The SMILES string of the molecule is CCCc1cc(C(C)C)sc1-c1sc(C(C)C)cc1CCC. The van der Waals surface area contributed by atoms with Crippen molar-refractivity contribution in [2.75, 3.05) is 0 Å². The van der Waals surface area contributed by atoms with Gasteiger partial charge in [0.05, 0.1) is 0 Å². The van der Waals surface area contributed by atoms with Gasteiger partial charge in [0.1, 0.15) is 0 Å². The van der Waals surface area contributed by atoms with Gasteiger partial charge in [-0.15, -0.1) is 22.7 Å². The van der Waals surface area contributed by atoms with Gasteiger partial charge in [0.2, 0.25) is 0 Å². The van der Waals surface area contributed by atoms with E-state index in [0.717, 1.165) is 0 Å². The molecule has 0 spiro atoms. The molecule has 0 radical (unpaired) electrons. The molecule has 0 N–H and O–H groups in total.